The molecule has 3 aliphatic rings. The number of sulfone groups is 1. The molecule has 2 N–H and O–H groups in total. The number of aromatic nitrogens is 1. The van der Waals surface area contributed by atoms with Crippen LogP contribution in [0.3, 0.4) is 0 Å². The molecule has 1 aromatic carbocycles. The van der Waals surface area contributed by atoms with Crippen molar-refractivity contribution in [2.24, 2.45) is 5.41 Å². The Kier molecular flexibility index (Phi) is 7.42. The van der Waals surface area contributed by atoms with Crippen LogP contribution in [0.15, 0.2) is 41.3 Å². The van der Waals surface area contributed by atoms with Crippen molar-refractivity contribution in [2.45, 2.75) is 50.0 Å². The molecule has 2 aliphatic heterocycles. The van der Waals surface area contributed by atoms with Crippen molar-refractivity contribution in [3.8, 4) is 0 Å². The summed E-state index contributed by atoms with van der Waals surface area (Å²) in [6.07, 6.45) is 4.91. The van der Waals surface area contributed by atoms with Gasteiger partial charge in [-0.15, -0.1) is 0 Å². The molecule has 3 fully saturated rings. The molecule has 2 saturated heterocycles. The highest BCUT2D eigenvalue weighted by Gasteiger charge is 2.44. The SMILES string of the molecule is C[C@@H]1CN(c2cccc(NC(=O)c3ccc(S(=O)(=O)CCCO)cc3N3CCC4(CC3)CC4)n2)CCO1. The Morgan fingerprint density at radius 2 is 1.92 bits per heavy atom. The maximum atomic E-state index is 13.5. The maximum absolute atomic E-state index is 13.5. The number of hydrogen-bond donors (Lipinski definition) is 2. The summed E-state index contributed by atoms with van der Waals surface area (Å²) < 4.78 is 31.4. The second kappa shape index (κ2) is 10.6. The molecule has 5 rings (SSSR count). The quantitative estimate of drug-likeness (QED) is 0.538. The number of rotatable bonds is 8. The highest BCUT2D eigenvalue weighted by Crippen LogP contribution is 2.54. The van der Waals surface area contributed by atoms with E-state index in [0.29, 0.717) is 29.1 Å². The molecule has 1 atom stereocenters. The van der Waals surface area contributed by atoms with Gasteiger partial charge in [0, 0.05) is 32.8 Å². The smallest absolute Gasteiger partial charge is 0.258 e. The standard InChI is InChI=1S/C27H36N4O5S/c1-20-19-31(14-16-36-20)25-5-2-4-24(28-25)29-26(33)22-7-6-21(37(34,35)17-3-15-32)18-23(22)30-12-10-27(8-9-27)11-13-30/h2,4-7,18,20,32H,3,8-17,19H2,1H3,(H,28,29,33)/t20-/m1/s1. The highest BCUT2D eigenvalue weighted by atomic mass is 32.2. The molecule has 9 nitrogen and oxygen atoms in total. The number of ether oxygens (including phenoxy) is 1. The van der Waals surface area contributed by atoms with E-state index in [1.807, 2.05) is 19.1 Å². The third-order valence-corrected chi connectivity index (χ3v) is 9.61. The van der Waals surface area contributed by atoms with E-state index in [1.165, 1.54) is 18.9 Å². The zero-order chi connectivity index (χ0) is 26.0. The van der Waals surface area contributed by atoms with Gasteiger partial charge in [-0.3, -0.25) is 4.79 Å². The zero-order valence-corrected chi connectivity index (χ0v) is 22.2. The number of pyridine rings is 1. The van der Waals surface area contributed by atoms with Crippen molar-refractivity contribution in [2.75, 3.05) is 60.3 Å². The molecular weight excluding hydrogens is 492 g/mol. The first-order valence-electron chi connectivity index (χ1n) is 13.2. The van der Waals surface area contributed by atoms with Gasteiger partial charge < -0.3 is 25.0 Å². The van der Waals surface area contributed by atoms with Crippen molar-refractivity contribution < 1.29 is 23.1 Å². The summed E-state index contributed by atoms with van der Waals surface area (Å²) in [6, 6.07) is 10.3. The van der Waals surface area contributed by atoms with Crippen molar-refractivity contribution in [1.29, 1.82) is 0 Å². The lowest BCUT2D eigenvalue weighted by atomic mass is 9.93. The average Bonchev–Trinajstić information content (AvgIpc) is 3.66. The van der Waals surface area contributed by atoms with Gasteiger partial charge in [0.05, 0.1) is 34.6 Å². The van der Waals surface area contributed by atoms with Gasteiger partial charge in [-0.1, -0.05) is 6.07 Å². The van der Waals surface area contributed by atoms with Gasteiger partial charge in [0.1, 0.15) is 11.6 Å². The van der Waals surface area contributed by atoms with E-state index >= 15 is 0 Å². The predicted octanol–water partition coefficient (Wildman–Crippen LogP) is 3.10. The Labute approximate surface area is 218 Å². The minimum absolute atomic E-state index is 0.114. The molecular formula is C27H36N4O5S. The van der Waals surface area contributed by atoms with E-state index < -0.39 is 9.84 Å². The molecule has 1 aromatic heterocycles. The van der Waals surface area contributed by atoms with E-state index in [-0.39, 0.29) is 35.7 Å². The summed E-state index contributed by atoms with van der Waals surface area (Å²) in [7, 11) is -3.56. The lowest BCUT2D eigenvalue weighted by Crippen LogP contribution is -2.41. The maximum Gasteiger partial charge on any atom is 0.258 e. The predicted molar refractivity (Wildman–Crippen MR) is 143 cm³/mol. The number of benzene rings is 1. The molecule has 1 aliphatic carbocycles. The number of nitrogens with zero attached hydrogens (tertiary/aromatic N) is 3. The Bertz CT molecular complexity index is 1240. The Morgan fingerprint density at radius 1 is 1.14 bits per heavy atom. The number of piperidine rings is 1. The minimum atomic E-state index is -3.56. The summed E-state index contributed by atoms with van der Waals surface area (Å²) in [5, 5.41) is 12.1. The number of carbonyl (C=O) groups excluding carboxylic acids is 1. The van der Waals surface area contributed by atoms with Crippen molar-refractivity contribution in [1.82, 2.24) is 4.98 Å². The topological polar surface area (TPSA) is 112 Å². The van der Waals surface area contributed by atoms with Gasteiger partial charge in [-0.05, 0) is 74.8 Å². The van der Waals surface area contributed by atoms with Crippen LogP contribution in [-0.4, -0.2) is 75.7 Å². The average molecular weight is 529 g/mol. The fraction of sp³-hybridized carbons (Fsp3) is 0.556. The van der Waals surface area contributed by atoms with Crippen LogP contribution in [0.1, 0.15) is 49.4 Å². The minimum Gasteiger partial charge on any atom is -0.396 e. The van der Waals surface area contributed by atoms with Crippen LogP contribution in [0.25, 0.3) is 0 Å². The van der Waals surface area contributed by atoms with Gasteiger partial charge in [0.2, 0.25) is 0 Å². The molecule has 2 aromatic rings. The van der Waals surface area contributed by atoms with Crippen LogP contribution in [-0.2, 0) is 14.6 Å². The van der Waals surface area contributed by atoms with Gasteiger partial charge in [-0.2, -0.15) is 0 Å². The number of morpholine rings is 1. The summed E-state index contributed by atoms with van der Waals surface area (Å²) in [6.45, 7) is 5.54. The molecule has 10 heteroatoms. The third-order valence-electron chi connectivity index (χ3n) is 7.81. The van der Waals surface area contributed by atoms with E-state index in [1.54, 1.807) is 18.2 Å². The van der Waals surface area contributed by atoms with Gasteiger partial charge in [-0.25, -0.2) is 13.4 Å². The van der Waals surface area contributed by atoms with Gasteiger partial charge in [0.15, 0.2) is 9.84 Å². The number of hydrogen-bond acceptors (Lipinski definition) is 8. The van der Waals surface area contributed by atoms with Crippen LogP contribution in [0.2, 0.25) is 0 Å². The van der Waals surface area contributed by atoms with E-state index in [4.69, 9.17) is 9.84 Å². The van der Waals surface area contributed by atoms with E-state index in [9.17, 15) is 13.2 Å². The fourth-order valence-corrected chi connectivity index (χ4v) is 6.62. The number of aliphatic hydroxyl groups excluding tert-OH is 1. The molecule has 1 saturated carbocycles. The summed E-state index contributed by atoms with van der Waals surface area (Å²) >= 11 is 0. The van der Waals surface area contributed by atoms with Crippen LogP contribution >= 0.6 is 0 Å². The van der Waals surface area contributed by atoms with E-state index in [0.717, 1.165) is 44.8 Å². The molecule has 37 heavy (non-hydrogen) atoms. The second-order valence-electron chi connectivity index (χ2n) is 10.5. The molecule has 1 spiro atoms. The molecule has 0 radical (unpaired) electrons. The third kappa shape index (κ3) is 5.91. The highest BCUT2D eigenvalue weighted by molar-refractivity contribution is 7.91. The van der Waals surface area contributed by atoms with E-state index in [2.05, 4.69) is 20.1 Å². The molecule has 0 bridgehead atoms. The van der Waals surface area contributed by atoms with Crippen molar-refractivity contribution >= 4 is 33.1 Å². The van der Waals surface area contributed by atoms with Crippen LogP contribution in [0, 0.1) is 5.41 Å². The Morgan fingerprint density at radius 3 is 2.62 bits per heavy atom. The number of nitrogens with one attached hydrogen (secondary N) is 1. The van der Waals surface area contributed by atoms with Gasteiger partial charge in [0.25, 0.3) is 5.91 Å². The van der Waals surface area contributed by atoms with Crippen LogP contribution < -0.4 is 15.1 Å². The first kappa shape index (κ1) is 25.9. The van der Waals surface area contributed by atoms with Gasteiger partial charge >= 0.3 is 0 Å². The number of carbonyl (C=O) groups is 1. The monoisotopic (exact) mass is 528 g/mol. The fourth-order valence-electron chi connectivity index (χ4n) is 5.31. The van der Waals surface area contributed by atoms with Crippen LogP contribution in [0.4, 0.5) is 17.3 Å². The molecule has 1 amide bonds. The molecule has 200 valence electrons. The van der Waals surface area contributed by atoms with Crippen molar-refractivity contribution in [3.05, 3.63) is 42.0 Å². The number of amides is 1. The molecule has 0 unspecified atom stereocenters. The normalized spacial score (nSPS) is 21.2. The lowest BCUT2D eigenvalue weighted by molar-refractivity contribution is 0.0529. The summed E-state index contributed by atoms with van der Waals surface area (Å²) in [4.78, 5) is 22.6. The lowest BCUT2D eigenvalue weighted by Gasteiger charge is -2.35. The Balaban J connectivity index is 1.40. The number of anilines is 3. The van der Waals surface area contributed by atoms with Crippen LogP contribution in [0.5, 0.6) is 0 Å². The molecule has 3 heterocycles. The number of aliphatic hydroxyl groups is 1. The van der Waals surface area contributed by atoms with Crippen molar-refractivity contribution in [3.63, 3.8) is 0 Å². The zero-order valence-electron chi connectivity index (χ0n) is 21.4. The Hall–Kier alpha value is -2.69. The first-order chi connectivity index (χ1) is 17.8. The summed E-state index contributed by atoms with van der Waals surface area (Å²) in [5.41, 5.74) is 1.52. The second-order valence-corrected chi connectivity index (χ2v) is 12.6. The first-order valence-corrected chi connectivity index (χ1v) is 14.8. The summed E-state index contributed by atoms with van der Waals surface area (Å²) in [5.74, 6) is 0.780. The largest absolute Gasteiger partial charge is 0.396 e.